The first-order chi connectivity index (χ1) is 9.17. The standard InChI is InChI=1S/C15H21N3O/c1-3-10-18(11-9-16)12-15(19)17-13(2)14-7-5-4-6-8-14/h4-8,13H,3,10-12H2,1-2H3,(H,17,19)/t13-/m0/s1. The summed E-state index contributed by atoms with van der Waals surface area (Å²) < 4.78 is 0. The second-order valence-corrected chi connectivity index (χ2v) is 4.57. The Hall–Kier alpha value is -1.86. The molecule has 1 atom stereocenters. The van der Waals surface area contributed by atoms with Crippen LogP contribution in [0.5, 0.6) is 0 Å². The van der Waals surface area contributed by atoms with Crippen molar-refractivity contribution in [2.24, 2.45) is 0 Å². The molecule has 0 aliphatic carbocycles. The van der Waals surface area contributed by atoms with E-state index in [0.717, 1.165) is 18.5 Å². The predicted molar refractivity (Wildman–Crippen MR) is 75.3 cm³/mol. The highest BCUT2D eigenvalue weighted by Crippen LogP contribution is 2.10. The quantitative estimate of drug-likeness (QED) is 0.763. The zero-order valence-electron chi connectivity index (χ0n) is 11.6. The van der Waals surface area contributed by atoms with Crippen LogP contribution in [0.4, 0.5) is 0 Å². The number of benzene rings is 1. The fourth-order valence-corrected chi connectivity index (χ4v) is 1.95. The van der Waals surface area contributed by atoms with Gasteiger partial charge in [0.05, 0.1) is 25.2 Å². The van der Waals surface area contributed by atoms with Gasteiger partial charge in [0.25, 0.3) is 0 Å². The molecule has 1 rings (SSSR count). The molecule has 0 aromatic heterocycles. The van der Waals surface area contributed by atoms with Crippen molar-refractivity contribution in [2.75, 3.05) is 19.6 Å². The summed E-state index contributed by atoms with van der Waals surface area (Å²) in [5, 5.41) is 11.7. The Morgan fingerprint density at radius 2 is 2.11 bits per heavy atom. The molecule has 1 aromatic rings. The second kappa shape index (κ2) is 8.28. The van der Waals surface area contributed by atoms with Gasteiger partial charge in [-0.25, -0.2) is 0 Å². The van der Waals surface area contributed by atoms with Crippen LogP contribution in [0.2, 0.25) is 0 Å². The van der Waals surface area contributed by atoms with Crippen molar-refractivity contribution in [1.82, 2.24) is 10.2 Å². The highest BCUT2D eigenvalue weighted by Gasteiger charge is 2.12. The maximum atomic E-state index is 11.9. The molecule has 0 unspecified atom stereocenters. The van der Waals surface area contributed by atoms with Crippen molar-refractivity contribution < 1.29 is 4.79 Å². The molecule has 0 spiro atoms. The minimum atomic E-state index is -0.0416. The van der Waals surface area contributed by atoms with Crippen LogP contribution in [0.1, 0.15) is 31.9 Å². The molecule has 4 nitrogen and oxygen atoms in total. The number of hydrogen-bond donors (Lipinski definition) is 1. The van der Waals surface area contributed by atoms with Crippen molar-refractivity contribution in [1.29, 1.82) is 5.26 Å². The summed E-state index contributed by atoms with van der Waals surface area (Å²) in [4.78, 5) is 13.8. The molecule has 0 saturated carbocycles. The molecule has 19 heavy (non-hydrogen) atoms. The smallest absolute Gasteiger partial charge is 0.234 e. The lowest BCUT2D eigenvalue weighted by molar-refractivity contribution is -0.122. The van der Waals surface area contributed by atoms with Gasteiger partial charge in [-0.05, 0) is 25.5 Å². The van der Waals surface area contributed by atoms with Crippen LogP contribution >= 0.6 is 0 Å². The lowest BCUT2D eigenvalue weighted by Crippen LogP contribution is -2.38. The number of carbonyl (C=O) groups is 1. The van der Waals surface area contributed by atoms with Crippen LogP contribution in [0.15, 0.2) is 30.3 Å². The molecule has 1 N–H and O–H groups in total. The normalized spacial score (nSPS) is 11.9. The fraction of sp³-hybridized carbons (Fsp3) is 0.467. The van der Waals surface area contributed by atoms with E-state index < -0.39 is 0 Å². The molecule has 1 aromatic carbocycles. The van der Waals surface area contributed by atoms with Gasteiger partial charge in [-0.1, -0.05) is 37.3 Å². The van der Waals surface area contributed by atoms with E-state index in [1.807, 2.05) is 49.1 Å². The van der Waals surface area contributed by atoms with Gasteiger partial charge in [-0.2, -0.15) is 5.26 Å². The maximum absolute atomic E-state index is 11.9. The Kier molecular flexibility index (Phi) is 6.62. The van der Waals surface area contributed by atoms with Crippen molar-refractivity contribution in [3.05, 3.63) is 35.9 Å². The number of rotatable bonds is 7. The Labute approximate surface area is 115 Å². The van der Waals surface area contributed by atoms with Crippen molar-refractivity contribution in [2.45, 2.75) is 26.3 Å². The molecule has 0 fully saturated rings. The number of nitrogens with one attached hydrogen (secondary N) is 1. The monoisotopic (exact) mass is 259 g/mol. The van der Waals surface area contributed by atoms with E-state index >= 15 is 0 Å². The third-order valence-electron chi connectivity index (χ3n) is 2.88. The molecule has 1 amide bonds. The van der Waals surface area contributed by atoms with E-state index in [1.54, 1.807) is 0 Å². The van der Waals surface area contributed by atoms with E-state index in [-0.39, 0.29) is 18.5 Å². The number of nitriles is 1. The summed E-state index contributed by atoms with van der Waals surface area (Å²) in [7, 11) is 0. The van der Waals surface area contributed by atoms with E-state index in [1.165, 1.54) is 0 Å². The van der Waals surface area contributed by atoms with Crippen LogP contribution in [0.3, 0.4) is 0 Å². The van der Waals surface area contributed by atoms with Crippen molar-refractivity contribution >= 4 is 5.91 Å². The Balaban J connectivity index is 2.48. The number of hydrogen-bond acceptors (Lipinski definition) is 3. The topological polar surface area (TPSA) is 56.1 Å². The summed E-state index contributed by atoms with van der Waals surface area (Å²) in [6, 6.07) is 11.9. The molecule has 102 valence electrons. The zero-order valence-corrected chi connectivity index (χ0v) is 11.6. The summed E-state index contributed by atoms with van der Waals surface area (Å²) in [6.07, 6.45) is 0.934. The van der Waals surface area contributed by atoms with Crippen LogP contribution in [-0.2, 0) is 4.79 Å². The van der Waals surface area contributed by atoms with E-state index in [4.69, 9.17) is 5.26 Å². The average Bonchev–Trinajstić information content (AvgIpc) is 2.40. The molecule has 0 aliphatic rings. The van der Waals surface area contributed by atoms with Gasteiger partial charge in [0, 0.05) is 0 Å². The average molecular weight is 259 g/mol. The lowest BCUT2D eigenvalue weighted by atomic mass is 10.1. The SMILES string of the molecule is CCCN(CC#N)CC(=O)N[C@@H](C)c1ccccc1. The van der Waals surface area contributed by atoms with Crippen LogP contribution in [-0.4, -0.2) is 30.4 Å². The van der Waals surface area contributed by atoms with Crippen LogP contribution in [0.25, 0.3) is 0 Å². The Bertz CT molecular complexity index is 425. The lowest BCUT2D eigenvalue weighted by Gasteiger charge is -2.20. The second-order valence-electron chi connectivity index (χ2n) is 4.57. The van der Waals surface area contributed by atoms with Crippen molar-refractivity contribution in [3.8, 4) is 6.07 Å². The molecule has 0 aliphatic heterocycles. The van der Waals surface area contributed by atoms with Gasteiger partial charge in [0.1, 0.15) is 0 Å². The molecular formula is C15H21N3O. The highest BCUT2D eigenvalue weighted by atomic mass is 16.2. The third-order valence-corrected chi connectivity index (χ3v) is 2.88. The first-order valence-corrected chi connectivity index (χ1v) is 6.61. The predicted octanol–water partition coefficient (Wildman–Crippen LogP) is 2.10. The zero-order chi connectivity index (χ0) is 14.1. The van der Waals surface area contributed by atoms with E-state index in [2.05, 4.69) is 11.4 Å². The molecule has 4 heteroatoms. The van der Waals surface area contributed by atoms with E-state index in [9.17, 15) is 4.79 Å². The molecular weight excluding hydrogens is 238 g/mol. The first-order valence-electron chi connectivity index (χ1n) is 6.61. The van der Waals surface area contributed by atoms with Gasteiger partial charge < -0.3 is 5.32 Å². The van der Waals surface area contributed by atoms with Crippen LogP contribution in [0, 0.1) is 11.3 Å². The Morgan fingerprint density at radius 3 is 2.68 bits per heavy atom. The molecule has 0 radical (unpaired) electrons. The molecule has 0 bridgehead atoms. The summed E-state index contributed by atoms with van der Waals surface area (Å²) in [6.45, 7) is 5.33. The largest absolute Gasteiger partial charge is 0.348 e. The molecule has 0 saturated heterocycles. The number of nitrogens with zero attached hydrogens (tertiary/aromatic N) is 2. The number of amides is 1. The maximum Gasteiger partial charge on any atom is 0.234 e. The summed E-state index contributed by atoms with van der Waals surface area (Å²) in [5.74, 6) is -0.0416. The summed E-state index contributed by atoms with van der Waals surface area (Å²) >= 11 is 0. The number of carbonyl (C=O) groups excluding carboxylic acids is 1. The molecule has 0 heterocycles. The van der Waals surface area contributed by atoms with Gasteiger partial charge in [0.15, 0.2) is 0 Å². The fourth-order valence-electron chi connectivity index (χ4n) is 1.95. The third kappa shape index (κ3) is 5.54. The highest BCUT2D eigenvalue weighted by molar-refractivity contribution is 5.78. The summed E-state index contributed by atoms with van der Waals surface area (Å²) in [5.41, 5.74) is 1.08. The van der Waals surface area contributed by atoms with Gasteiger partial charge in [-0.15, -0.1) is 0 Å². The minimum absolute atomic E-state index is 0.0146. The first kappa shape index (κ1) is 15.2. The van der Waals surface area contributed by atoms with Gasteiger partial charge in [0.2, 0.25) is 5.91 Å². The van der Waals surface area contributed by atoms with E-state index in [0.29, 0.717) is 6.54 Å². The minimum Gasteiger partial charge on any atom is -0.348 e. The van der Waals surface area contributed by atoms with Crippen molar-refractivity contribution in [3.63, 3.8) is 0 Å². The Morgan fingerprint density at radius 1 is 1.42 bits per heavy atom. The van der Waals surface area contributed by atoms with Crippen LogP contribution < -0.4 is 5.32 Å². The van der Waals surface area contributed by atoms with Gasteiger partial charge >= 0.3 is 0 Å². The van der Waals surface area contributed by atoms with Gasteiger partial charge in [-0.3, -0.25) is 9.69 Å².